The number of unbranched alkanes of at least 4 members (excludes halogenated alkanes) is 1. The smallest absolute Gasteiger partial charge is 0.321 e. The third kappa shape index (κ3) is 4.86. The second-order valence-electron chi connectivity index (χ2n) is 4.05. The fourth-order valence-electron chi connectivity index (χ4n) is 1.51. The number of carbonyl (C=O) groups excluding carboxylic acids is 2. The molecule has 0 aliphatic heterocycles. The monoisotopic (exact) mass is 249 g/mol. The molecule has 0 radical (unpaired) electrons. The number of hydrogen-bond donors (Lipinski definition) is 2. The molecule has 18 heavy (non-hydrogen) atoms. The summed E-state index contributed by atoms with van der Waals surface area (Å²) < 4.78 is 0. The number of primary amides is 1. The largest absolute Gasteiger partial charge is 0.370 e. The van der Waals surface area contributed by atoms with E-state index >= 15 is 0 Å². The summed E-state index contributed by atoms with van der Waals surface area (Å²) >= 11 is 0. The Morgan fingerprint density at radius 2 is 1.89 bits per heavy atom. The second-order valence-corrected chi connectivity index (χ2v) is 4.05. The Kier molecular flexibility index (Phi) is 5.70. The van der Waals surface area contributed by atoms with Crippen molar-refractivity contribution in [2.45, 2.75) is 19.3 Å². The summed E-state index contributed by atoms with van der Waals surface area (Å²) in [6.45, 7) is 0.545. The molecule has 3 N–H and O–H groups in total. The minimum absolute atomic E-state index is 0.153. The molecular formula is C13H19N3O2. The highest BCUT2D eigenvalue weighted by atomic mass is 16.2. The van der Waals surface area contributed by atoms with Crippen LogP contribution in [0.5, 0.6) is 0 Å². The predicted octanol–water partition coefficient (Wildman–Crippen LogP) is 1.49. The van der Waals surface area contributed by atoms with Crippen molar-refractivity contribution in [1.29, 1.82) is 0 Å². The van der Waals surface area contributed by atoms with Crippen molar-refractivity contribution in [3.63, 3.8) is 0 Å². The quantitative estimate of drug-likeness (QED) is 0.749. The molecule has 5 nitrogen and oxygen atoms in total. The molecule has 0 aromatic heterocycles. The van der Waals surface area contributed by atoms with Gasteiger partial charge in [-0.1, -0.05) is 18.2 Å². The number of rotatable bonds is 6. The van der Waals surface area contributed by atoms with E-state index in [0.717, 1.165) is 12.1 Å². The normalized spacial score (nSPS) is 9.83. The van der Waals surface area contributed by atoms with Crippen LogP contribution in [0.15, 0.2) is 30.3 Å². The van der Waals surface area contributed by atoms with Gasteiger partial charge in [-0.25, -0.2) is 4.79 Å². The van der Waals surface area contributed by atoms with Crippen molar-refractivity contribution >= 4 is 17.6 Å². The Labute approximate surface area is 107 Å². The molecule has 0 aliphatic carbocycles. The Morgan fingerprint density at radius 3 is 2.50 bits per heavy atom. The van der Waals surface area contributed by atoms with Crippen LogP contribution in [0, 0.1) is 0 Å². The molecule has 1 aromatic rings. The number of benzene rings is 1. The van der Waals surface area contributed by atoms with E-state index in [1.54, 1.807) is 11.9 Å². The Hall–Kier alpha value is -2.04. The summed E-state index contributed by atoms with van der Waals surface area (Å²) in [5.41, 5.74) is 5.86. The summed E-state index contributed by atoms with van der Waals surface area (Å²) in [7, 11) is 1.72. The van der Waals surface area contributed by atoms with Crippen LogP contribution >= 0.6 is 0 Å². The van der Waals surface area contributed by atoms with Crippen LogP contribution in [0.25, 0.3) is 0 Å². The van der Waals surface area contributed by atoms with Crippen LogP contribution in [0.4, 0.5) is 10.5 Å². The van der Waals surface area contributed by atoms with Gasteiger partial charge in [0.15, 0.2) is 0 Å². The summed E-state index contributed by atoms with van der Waals surface area (Å²) in [6.07, 6.45) is 1.81. The maximum Gasteiger partial charge on any atom is 0.321 e. The molecule has 98 valence electrons. The van der Waals surface area contributed by atoms with E-state index in [4.69, 9.17) is 5.73 Å². The van der Waals surface area contributed by atoms with Crippen molar-refractivity contribution in [3.05, 3.63) is 30.3 Å². The van der Waals surface area contributed by atoms with Gasteiger partial charge in [0.25, 0.3) is 0 Å². The first kappa shape index (κ1) is 14.0. The Balaban J connectivity index is 2.26. The van der Waals surface area contributed by atoms with Crippen molar-refractivity contribution < 1.29 is 9.59 Å². The topological polar surface area (TPSA) is 75.4 Å². The van der Waals surface area contributed by atoms with Gasteiger partial charge in [0.2, 0.25) is 5.91 Å². The molecule has 0 saturated heterocycles. The van der Waals surface area contributed by atoms with E-state index < -0.39 is 0 Å². The van der Waals surface area contributed by atoms with Gasteiger partial charge in [0.05, 0.1) is 0 Å². The number of anilines is 1. The van der Waals surface area contributed by atoms with Crippen molar-refractivity contribution in [3.8, 4) is 0 Å². The molecule has 0 heterocycles. The minimum Gasteiger partial charge on any atom is -0.370 e. The zero-order chi connectivity index (χ0) is 13.4. The number of carbonyl (C=O) groups is 2. The molecule has 0 aliphatic rings. The average molecular weight is 249 g/mol. The highest BCUT2D eigenvalue weighted by Gasteiger charge is 2.08. The lowest BCUT2D eigenvalue weighted by Crippen LogP contribution is -2.37. The lowest BCUT2D eigenvalue weighted by Gasteiger charge is -2.17. The van der Waals surface area contributed by atoms with Crippen molar-refractivity contribution in [1.82, 2.24) is 5.32 Å². The van der Waals surface area contributed by atoms with Crippen LogP contribution < -0.4 is 16.0 Å². The first-order valence-electron chi connectivity index (χ1n) is 5.96. The molecule has 0 spiro atoms. The molecule has 5 heteroatoms. The number of para-hydroxylation sites is 1. The van der Waals surface area contributed by atoms with Gasteiger partial charge >= 0.3 is 6.03 Å². The molecule has 1 aromatic carbocycles. The zero-order valence-electron chi connectivity index (χ0n) is 10.6. The Morgan fingerprint density at radius 1 is 1.22 bits per heavy atom. The highest BCUT2D eigenvalue weighted by molar-refractivity contribution is 5.91. The van der Waals surface area contributed by atoms with Gasteiger partial charge in [-0.15, -0.1) is 0 Å². The molecule has 0 atom stereocenters. The molecule has 0 saturated carbocycles. The summed E-state index contributed by atoms with van der Waals surface area (Å²) in [5.74, 6) is -0.303. The minimum atomic E-state index is -0.303. The summed E-state index contributed by atoms with van der Waals surface area (Å²) in [5, 5.41) is 2.79. The standard InChI is InChI=1S/C13H19N3O2/c1-16(11-7-3-2-4-8-11)13(18)15-10-6-5-9-12(14)17/h2-4,7-8H,5-6,9-10H2,1H3,(H2,14,17)(H,15,18). The van der Waals surface area contributed by atoms with Crippen molar-refractivity contribution in [2.75, 3.05) is 18.5 Å². The third-order valence-corrected chi connectivity index (χ3v) is 2.57. The van der Waals surface area contributed by atoms with Crippen LogP contribution in [-0.4, -0.2) is 25.5 Å². The third-order valence-electron chi connectivity index (χ3n) is 2.57. The lowest BCUT2D eigenvalue weighted by atomic mass is 10.2. The molecule has 1 rings (SSSR count). The summed E-state index contributed by atoms with van der Waals surface area (Å²) in [6, 6.07) is 9.25. The molecule has 3 amide bonds. The lowest BCUT2D eigenvalue weighted by molar-refractivity contribution is -0.118. The SMILES string of the molecule is CN(C(=O)NCCCCC(N)=O)c1ccccc1. The molecular weight excluding hydrogens is 230 g/mol. The van der Waals surface area contributed by atoms with Gasteiger partial charge < -0.3 is 11.1 Å². The van der Waals surface area contributed by atoms with Gasteiger partial charge in [-0.3, -0.25) is 9.69 Å². The number of urea groups is 1. The van der Waals surface area contributed by atoms with Gasteiger partial charge in [-0.2, -0.15) is 0 Å². The number of nitrogens with zero attached hydrogens (tertiary/aromatic N) is 1. The van der Waals surface area contributed by atoms with E-state index in [1.165, 1.54) is 0 Å². The van der Waals surface area contributed by atoms with E-state index in [9.17, 15) is 9.59 Å². The van der Waals surface area contributed by atoms with E-state index in [-0.39, 0.29) is 11.9 Å². The second kappa shape index (κ2) is 7.32. The molecule has 0 bridgehead atoms. The van der Waals surface area contributed by atoms with Gasteiger partial charge in [0, 0.05) is 25.7 Å². The number of amides is 3. The zero-order valence-corrected chi connectivity index (χ0v) is 10.6. The van der Waals surface area contributed by atoms with E-state index in [2.05, 4.69) is 5.32 Å². The van der Waals surface area contributed by atoms with Crippen LogP contribution in [0.3, 0.4) is 0 Å². The maximum atomic E-state index is 11.8. The number of hydrogen-bond acceptors (Lipinski definition) is 2. The van der Waals surface area contributed by atoms with Crippen LogP contribution in [0.1, 0.15) is 19.3 Å². The maximum absolute atomic E-state index is 11.8. The van der Waals surface area contributed by atoms with Gasteiger partial charge in [0.1, 0.15) is 0 Å². The fraction of sp³-hybridized carbons (Fsp3) is 0.385. The number of nitrogens with two attached hydrogens (primary N) is 1. The molecule has 0 unspecified atom stereocenters. The molecule has 0 fully saturated rings. The highest BCUT2D eigenvalue weighted by Crippen LogP contribution is 2.10. The van der Waals surface area contributed by atoms with E-state index in [0.29, 0.717) is 19.4 Å². The average Bonchev–Trinajstić information content (AvgIpc) is 2.38. The number of nitrogens with one attached hydrogen (secondary N) is 1. The predicted molar refractivity (Wildman–Crippen MR) is 71.3 cm³/mol. The summed E-state index contributed by atoms with van der Waals surface area (Å²) in [4.78, 5) is 23.8. The first-order chi connectivity index (χ1) is 8.61. The first-order valence-corrected chi connectivity index (χ1v) is 5.96. The fourth-order valence-corrected chi connectivity index (χ4v) is 1.51. The van der Waals surface area contributed by atoms with Crippen LogP contribution in [0.2, 0.25) is 0 Å². The van der Waals surface area contributed by atoms with E-state index in [1.807, 2.05) is 30.3 Å². The van der Waals surface area contributed by atoms with Crippen LogP contribution in [-0.2, 0) is 4.79 Å². The Bertz CT molecular complexity index is 392. The van der Waals surface area contributed by atoms with Gasteiger partial charge in [-0.05, 0) is 25.0 Å². The van der Waals surface area contributed by atoms with Crippen molar-refractivity contribution in [2.24, 2.45) is 5.73 Å².